The lowest BCUT2D eigenvalue weighted by molar-refractivity contribution is -0.173. The maximum absolute atomic E-state index is 12.0. The molecule has 116 valence electrons. The first-order valence-corrected chi connectivity index (χ1v) is 7.31. The first kappa shape index (κ1) is 16.4. The van der Waals surface area contributed by atoms with Crippen LogP contribution in [0.4, 0.5) is 13.2 Å². The SMILES string of the molecule is FC(F)(F)COCCNC(c1ccco1)c1ccc(Cl)s1. The van der Waals surface area contributed by atoms with Crippen LogP contribution in [-0.4, -0.2) is 25.9 Å². The minimum Gasteiger partial charge on any atom is -0.467 e. The van der Waals surface area contributed by atoms with Gasteiger partial charge in [0.2, 0.25) is 0 Å². The van der Waals surface area contributed by atoms with Gasteiger partial charge < -0.3 is 14.5 Å². The Kier molecular flexibility index (Phi) is 5.69. The molecule has 2 aromatic heterocycles. The van der Waals surface area contributed by atoms with Gasteiger partial charge in [-0.1, -0.05) is 11.6 Å². The fourth-order valence-electron chi connectivity index (χ4n) is 1.74. The van der Waals surface area contributed by atoms with E-state index in [9.17, 15) is 13.2 Å². The third-order valence-electron chi connectivity index (χ3n) is 2.57. The number of thiophene rings is 1. The van der Waals surface area contributed by atoms with Crippen LogP contribution in [0.3, 0.4) is 0 Å². The van der Waals surface area contributed by atoms with Crippen molar-refractivity contribution in [3.8, 4) is 0 Å². The topological polar surface area (TPSA) is 34.4 Å². The van der Waals surface area contributed by atoms with Gasteiger partial charge in [-0.25, -0.2) is 0 Å². The molecule has 1 unspecified atom stereocenters. The van der Waals surface area contributed by atoms with Gasteiger partial charge in [0.25, 0.3) is 0 Å². The maximum Gasteiger partial charge on any atom is 0.411 e. The van der Waals surface area contributed by atoms with Gasteiger partial charge in [0.15, 0.2) is 0 Å². The van der Waals surface area contributed by atoms with Crippen molar-refractivity contribution in [2.45, 2.75) is 12.2 Å². The van der Waals surface area contributed by atoms with Crippen LogP contribution in [0.5, 0.6) is 0 Å². The van der Waals surface area contributed by atoms with Gasteiger partial charge in [-0.3, -0.25) is 0 Å². The van der Waals surface area contributed by atoms with E-state index in [0.29, 0.717) is 10.1 Å². The van der Waals surface area contributed by atoms with E-state index in [0.717, 1.165) is 4.88 Å². The summed E-state index contributed by atoms with van der Waals surface area (Å²) < 4.78 is 46.4. The monoisotopic (exact) mass is 339 g/mol. The van der Waals surface area contributed by atoms with Crippen LogP contribution < -0.4 is 5.32 Å². The molecule has 0 bridgehead atoms. The zero-order valence-electron chi connectivity index (χ0n) is 10.8. The Balaban J connectivity index is 1.89. The van der Waals surface area contributed by atoms with E-state index in [4.69, 9.17) is 16.0 Å². The average Bonchev–Trinajstić information content (AvgIpc) is 3.04. The quantitative estimate of drug-likeness (QED) is 0.766. The number of furan rings is 1. The van der Waals surface area contributed by atoms with Crippen LogP contribution in [0.15, 0.2) is 34.9 Å². The Hall–Kier alpha value is -1.02. The van der Waals surface area contributed by atoms with E-state index >= 15 is 0 Å². The fraction of sp³-hybridized carbons (Fsp3) is 0.385. The van der Waals surface area contributed by atoms with Crippen LogP contribution >= 0.6 is 22.9 Å². The van der Waals surface area contributed by atoms with E-state index in [1.165, 1.54) is 11.3 Å². The smallest absolute Gasteiger partial charge is 0.411 e. The van der Waals surface area contributed by atoms with E-state index in [1.807, 2.05) is 6.07 Å². The molecule has 0 amide bonds. The summed E-state index contributed by atoms with van der Waals surface area (Å²) >= 11 is 7.29. The molecule has 2 rings (SSSR count). The average molecular weight is 340 g/mol. The molecule has 3 nitrogen and oxygen atoms in total. The van der Waals surface area contributed by atoms with Crippen LogP contribution in [0, 0.1) is 0 Å². The highest BCUT2D eigenvalue weighted by molar-refractivity contribution is 7.16. The van der Waals surface area contributed by atoms with Crippen molar-refractivity contribution in [3.63, 3.8) is 0 Å². The Labute approximate surface area is 128 Å². The lowest BCUT2D eigenvalue weighted by Crippen LogP contribution is -2.27. The second-order valence-electron chi connectivity index (χ2n) is 4.21. The summed E-state index contributed by atoms with van der Waals surface area (Å²) in [4.78, 5) is 0.922. The lowest BCUT2D eigenvalue weighted by Gasteiger charge is -2.15. The normalized spacial score (nSPS) is 13.5. The fourth-order valence-corrected chi connectivity index (χ4v) is 2.89. The predicted octanol–water partition coefficient (Wildman–Crippen LogP) is 4.25. The molecule has 8 heteroatoms. The Morgan fingerprint density at radius 1 is 1.33 bits per heavy atom. The predicted molar refractivity (Wildman–Crippen MR) is 74.8 cm³/mol. The summed E-state index contributed by atoms with van der Waals surface area (Å²) in [6.07, 6.45) is -2.76. The molecule has 1 N–H and O–H groups in total. The largest absolute Gasteiger partial charge is 0.467 e. The highest BCUT2D eigenvalue weighted by Gasteiger charge is 2.27. The third kappa shape index (κ3) is 5.35. The number of ether oxygens (including phenoxy) is 1. The summed E-state index contributed by atoms with van der Waals surface area (Å²) in [7, 11) is 0. The third-order valence-corrected chi connectivity index (χ3v) is 3.86. The molecule has 0 radical (unpaired) electrons. The molecule has 2 aromatic rings. The number of alkyl halides is 3. The van der Waals surface area contributed by atoms with E-state index in [-0.39, 0.29) is 19.2 Å². The second kappa shape index (κ2) is 7.31. The molecular weight excluding hydrogens is 327 g/mol. The second-order valence-corrected chi connectivity index (χ2v) is 5.96. The van der Waals surface area contributed by atoms with Gasteiger partial charge in [-0.2, -0.15) is 13.2 Å². The van der Waals surface area contributed by atoms with Crippen molar-refractivity contribution in [3.05, 3.63) is 45.5 Å². The first-order valence-electron chi connectivity index (χ1n) is 6.12. The zero-order chi connectivity index (χ0) is 15.3. The molecule has 0 aliphatic heterocycles. The van der Waals surface area contributed by atoms with Gasteiger partial charge in [0.05, 0.1) is 17.2 Å². The van der Waals surface area contributed by atoms with Gasteiger partial charge in [-0.15, -0.1) is 11.3 Å². The Bertz CT molecular complexity index is 542. The van der Waals surface area contributed by atoms with E-state index < -0.39 is 12.8 Å². The zero-order valence-corrected chi connectivity index (χ0v) is 12.4. The molecular formula is C13H13ClF3NO2S. The lowest BCUT2D eigenvalue weighted by atomic mass is 10.2. The maximum atomic E-state index is 12.0. The van der Waals surface area contributed by atoms with Crippen LogP contribution in [0.2, 0.25) is 4.34 Å². The Morgan fingerprint density at radius 2 is 2.14 bits per heavy atom. The van der Waals surface area contributed by atoms with Gasteiger partial charge in [0.1, 0.15) is 18.4 Å². The molecule has 0 aromatic carbocycles. The van der Waals surface area contributed by atoms with Gasteiger partial charge in [-0.05, 0) is 24.3 Å². The van der Waals surface area contributed by atoms with Crippen molar-refractivity contribution in [1.29, 1.82) is 0 Å². The van der Waals surface area contributed by atoms with Crippen molar-refractivity contribution < 1.29 is 22.3 Å². The molecule has 21 heavy (non-hydrogen) atoms. The standard InChI is InChI=1S/C13H13ClF3NO2S/c14-11-4-3-10(21-11)12(9-2-1-6-20-9)18-5-7-19-8-13(15,16)17/h1-4,6,12,18H,5,7-8H2. The number of nitrogens with one attached hydrogen (secondary N) is 1. The number of hydrogen-bond donors (Lipinski definition) is 1. The van der Waals surface area contributed by atoms with E-state index in [1.54, 1.807) is 24.5 Å². The van der Waals surface area contributed by atoms with Crippen LogP contribution in [0.1, 0.15) is 16.7 Å². The summed E-state index contributed by atoms with van der Waals surface area (Å²) in [6.45, 7) is -1.03. The summed E-state index contributed by atoms with van der Waals surface area (Å²) in [6, 6.07) is 6.90. The molecule has 0 saturated heterocycles. The summed E-state index contributed by atoms with van der Waals surface area (Å²) in [5.41, 5.74) is 0. The van der Waals surface area contributed by atoms with Crippen molar-refractivity contribution in [1.82, 2.24) is 5.32 Å². The van der Waals surface area contributed by atoms with Crippen LogP contribution in [-0.2, 0) is 4.74 Å². The molecule has 2 heterocycles. The molecule has 0 fully saturated rings. The highest BCUT2D eigenvalue weighted by Crippen LogP contribution is 2.31. The Morgan fingerprint density at radius 3 is 2.71 bits per heavy atom. The summed E-state index contributed by atoms with van der Waals surface area (Å²) in [5, 5.41) is 3.10. The molecule has 0 aliphatic carbocycles. The number of halogens is 4. The number of rotatable bonds is 7. The molecule has 0 spiro atoms. The minimum absolute atomic E-state index is 0.0458. The number of hydrogen-bond acceptors (Lipinski definition) is 4. The summed E-state index contributed by atoms with van der Waals surface area (Å²) in [5.74, 6) is 0.671. The molecule has 0 saturated carbocycles. The van der Waals surface area contributed by atoms with Crippen molar-refractivity contribution in [2.24, 2.45) is 0 Å². The minimum atomic E-state index is -4.30. The van der Waals surface area contributed by atoms with Crippen molar-refractivity contribution in [2.75, 3.05) is 19.8 Å². The van der Waals surface area contributed by atoms with Crippen LogP contribution in [0.25, 0.3) is 0 Å². The van der Waals surface area contributed by atoms with Crippen molar-refractivity contribution >= 4 is 22.9 Å². The van der Waals surface area contributed by atoms with Gasteiger partial charge >= 0.3 is 6.18 Å². The highest BCUT2D eigenvalue weighted by atomic mass is 35.5. The van der Waals surface area contributed by atoms with E-state index in [2.05, 4.69) is 10.1 Å². The molecule has 0 aliphatic rings. The molecule has 1 atom stereocenters. The first-order chi connectivity index (χ1) is 9.96. The van der Waals surface area contributed by atoms with Gasteiger partial charge in [0, 0.05) is 11.4 Å².